The highest BCUT2D eigenvalue weighted by Crippen LogP contribution is 1.93. The number of oxime groups is 1. The molecule has 0 aliphatic rings. The van der Waals surface area contributed by atoms with Crippen LogP contribution in [0, 0.1) is 0 Å². The van der Waals surface area contributed by atoms with Gasteiger partial charge in [-0.15, -0.1) is 6.58 Å². The number of nitrogens with one attached hydrogen (secondary N) is 1. The van der Waals surface area contributed by atoms with Crippen LogP contribution in [0.15, 0.2) is 17.8 Å². The van der Waals surface area contributed by atoms with E-state index in [1.165, 1.54) is 0 Å². The van der Waals surface area contributed by atoms with Crippen molar-refractivity contribution in [2.45, 2.75) is 32.4 Å². The maximum absolute atomic E-state index is 8.35. The van der Waals surface area contributed by atoms with Crippen molar-refractivity contribution in [3.8, 4) is 0 Å². The SMILES string of the molecule is C=CCC(C)NC(C)/C(N)=N/O. The number of amidine groups is 1. The van der Waals surface area contributed by atoms with Gasteiger partial charge in [-0.1, -0.05) is 11.2 Å². The van der Waals surface area contributed by atoms with E-state index in [4.69, 9.17) is 10.9 Å². The van der Waals surface area contributed by atoms with Crippen LogP contribution in [-0.4, -0.2) is 23.1 Å². The van der Waals surface area contributed by atoms with Crippen LogP contribution in [0.1, 0.15) is 20.3 Å². The number of hydrogen-bond acceptors (Lipinski definition) is 3. The van der Waals surface area contributed by atoms with Gasteiger partial charge in [0.25, 0.3) is 0 Å². The van der Waals surface area contributed by atoms with Crippen LogP contribution in [0.25, 0.3) is 0 Å². The van der Waals surface area contributed by atoms with E-state index in [0.717, 1.165) is 6.42 Å². The van der Waals surface area contributed by atoms with E-state index < -0.39 is 0 Å². The van der Waals surface area contributed by atoms with Gasteiger partial charge in [0.05, 0.1) is 6.04 Å². The number of nitrogens with two attached hydrogens (primary N) is 1. The van der Waals surface area contributed by atoms with Crippen LogP contribution >= 0.6 is 0 Å². The van der Waals surface area contributed by atoms with Gasteiger partial charge in [0.15, 0.2) is 5.84 Å². The molecule has 0 amide bonds. The van der Waals surface area contributed by atoms with Crippen molar-refractivity contribution >= 4 is 5.84 Å². The molecule has 4 N–H and O–H groups in total. The van der Waals surface area contributed by atoms with Gasteiger partial charge < -0.3 is 16.3 Å². The maximum Gasteiger partial charge on any atom is 0.156 e. The van der Waals surface area contributed by atoms with Crippen LogP contribution in [0.5, 0.6) is 0 Å². The molecule has 4 nitrogen and oxygen atoms in total. The second-order valence-electron chi connectivity index (χ2n) is 2.84. The average Bonchev–Trinajstić information content (AvgIpc) is 2.03. The summed E-state index contributed by atoms with van der Waals surface area (Å²) in [6.07, 6.45) is 2.69. The lowest BCUT2D eigenvalue weighted by atomic mass is 10.2. The quantitative estimate of drug-likeness (QED) is 0.187. The van der Waals surface area contributed by atoms with Crippen LogP contribution < -0.4 is 11.1 Å². The molecule has 0 aromatic rings. The monoisotopic (exact) mass is 171 g/mol. The average molecular weight is 171 g/mol. The normalized spacial score (nSPS) is 17.0. The molecule has 0 radical (unpaired) electrons. The van der Waals surface area contributed by atoms with Gasteiger partial charge in [0.2, 0.25) is 0 Å². The zero-order valence-corrected chi connectivity index (χ0v) is 7.62. The lowest BCUT2D eigenvalue weighted by Gasteiger charge is -2.17. The fourth-order valence-electron chi connectivity index (χ4n) is 0.917. The molecule has 0 aromatic heterocycles. The van der Waals surface area contributed by atoms with Gasteiger partial charge >= 0.3 is 0 Å². The summed E-state index contributed by atoms with van der Waals surface area (Å²) in [5, 5.41) is 14.4. The van der Waals surface area contributed by atoms with E-state index in [9.17, 15) is 0 Å². The number of rotatable bonds is 5. The van der Waals surface area contributed by atoms with Crippen molar-refractivity contribution in [1.82, 2.24) is 5.32 Å². The molecule has 2 unspecified atom stereocenters. The van der Waals surface area contributed by atoms with Gasteiger partial charge in [-0.05, 0) is 20.3 Å². The predicted octanol–water partition coefficient (Wildman–Crippen LogP) is 0.675. The first-order valence-corrected chi connectivity index (χ1v) is 3.96. The van der Waals surface area contributed by atoms with E-state index in [0.29, 0.717) is 0 Å². The Morgan fingerprint density at radius 3 is 2.75 bits per heavy atom. The Bertz CT molecular complexity index is 168. The first-order chi connectivity index (χ1) is 5.61. The van der Waals surface area contributed by atoms with E-state index in [2.05, 4.69) is 17.1 Å². The van der Waals surface area contributed by atoms with Gasteiger partial charge in [0.1, 0.15) is 0 Å². The Morgan fingerprint density at radius 2 is 2.33 bits per heavy atom. The lowest BCUT2D eigenvalue weighted by molar-refractivity contribution is 0.314. The van der Waals surface area contributed by atoms with Crippen molar-refractivity contribution in [1.29, 1.82) is 0 Å². The summed E-state index contributed by atoms with van der Waals surface area (Å²) in [5.74, 6) is 0.200. The summed E-state index contributed by atoms with van der Waals surface area (Å²) in [7, 11) is 0. The van der Waals surface area contributed by atoms with Gasteiger partial charge in [-0.3, -0.25) is 0 Å². The fourth-order valence-corrected chi connectivity index (χ4v) is 0.917. The third kappa shape index (κ3) is 3.98. The molecule has 0 aliphatic heterocycles. The second-order valence-corrected chi connectivity index (χ2v) is 2.84. The zero-order chi connectivity index (χ0) is 9.56. The van der Waals surface area contributed by atoms with Gasteiger partial charge in [0, 0.05) is 6.04 Å². The van der Waals surface area contributed by atoms with E-state index in [-0.39, 0.29) is 17.9 Å². The molecule has 0 aliphatic carbocycles. The smallest absolute Gasteiger partial charge is 0.156 e. The Hall–Kier alpha value is -1.03. The molecule has 12 heavy (non-hydrogen) atoms. The molecule has 0 bridgehead atoms. The molecule has 0 spiro atoms. The minimum atomic E-state index is -0.107. The van der Waals surface area contributed by atoms with Crippen molar-refractivity contribution in [3.05, 3.63) is 12.7 Å². The molecule has 0 fully saturated rings. The molecule has 0 saturated carbocycles. The standard InChI is InChI=1S/C8H17N3O/c1-4-5-6(2)10-7(3)8(9)11-12/h4,6-7,10,12H,1,5H2,2-3H3,(H2,9,11). The first-order valence-electron chi connectivity index (χ1n) is 3.96. The second kappa shape index (κ2) is 5.60. The predicted molar refractivity (Wildman–Crippen MR) is 50.3 cm³/mol. The van der Waals surface area contributed by atoms with Crippen molar-refractivity contribution in [2.24, 2.45) is 10.9 Å². The third-order valence-corrected chi connectivity index (χ3v) is 1.61. The highest BCUT2D eigenvalue weighted by molar-refractivity contribution is 5.84. The van der Waals surface area contributed by atoms with E-state index in [1.54, 1.807) is 0 Å². The van der Waals surface area contributed by atoms with Crippen molar-refractivity contribution in [3.63, 3.8) is 0 Å². The molecular weight excluding hydrogens is 154 g/mol. The molecule has 4 heteroatoms. The topological polar surface area (TPSA) is 70.6 Å². The maximum atomic E-state index is 8.35. The van der Waals surface area contributed by atoms with Crippen molar-refractivity contribution in [2.75, 3.05) is 0 Å². The van der Waals surface area contributed by atoms with Gasteiger partial charge in [-0.2, -0.15) is 0 Å². The zero-order valence-electron chi connectivity index (χ0n) is 7.62. The summed E-state index contributed by atoms with van der Waals surface area (Å²) in [4.78, 5) is 0. The molecule has 0 saturated heterocycles. The Balaban J connectivity index is 3.82. The Kier molecular flexibility index (Phi) is 5.12. The third-order valence-electron chi connectivity index (χ3n) is 1.61. The van der Waals surface area contributed by atoms with Crippen LogP contribution in [0.3, 0.4) is 0 Å². The summed E-state index contributed by atoms with van der Waals surface area (Å²) >= 11 is 0. The summed E-state index contributed by atoms with van der Waals surface area (Å²) in [6.45, 7) is 7.48. The molecule has 70 valence electrons. The van der Waals surface area contributed by atoms with Gasteiger partial charge in [-0.25, -0.2) is 0 Å². The highest BCUT2D eigenvalue weighted by atomic mass is 16.4. The molecular formula is C8H17N3O. The number of hydrogen-bond donors (Lipinski definition) is 3. The molecule has 0 aromatic carbocycles. The molecule has 2 atom stereocenters. The lowest BCUT2D eigenvalue weighted by Crippen LogP contribution is -2.43. The molecule has 0 heterocycles. The summed E-state index contributed by atoms with van der Waals surface area (Å²) < 4.78 is 0. The first kappa shape index (κ1) is 11.0. The Labute approximate surface area is 73.1 Å². The largest absolute Gasteiger partial charge is 0.409 e. The molecule has 0 rings (SSSR count). The fraction of sp³-hybridized carbons (Fsp3) is 0.625. The van der Waals surface area contributed by atoms with E-state index >= 15 is 0 Å². The highest BCUT2D eigenvalue weighted by Gasteiger charge is 2.09. The summed E-state index contributed by atoms with van der Waals surface area (Å²) in [5.41, 5.74) is 5.37. The Morgan fingerprint density at radius 1 is 1.75 bits per heavy atom. The summed E-state index contributed by atoms with van der Waals surface area (Å²) in [6, 6.07) is 0.183. The minimum absolute atomic E-state index is 0.107. The van der Waals surface area contributed by atoms with E-state index in [1.807, 2.05) is 19.9 Å². The van der Waals surface area contributed by atoms with Crippen LogP contribution in [0.2, 0.25) is 0 Å². The van der Waals surface area contributed by atoms with Crippen molar-refractivity contribution < 1.29 is 5.21 Å². The van der Waals surface area contributed by atoms with Crippen LogP contribution in [0.4, 0.5) is 0 Å². The number of nitrogens with zero attached hydrogens (tertiary/aromatic N) is 1. The van der Waals surface area contributed by atoms with Crippen LogP contribution in [-0.2, 0) is 0 Å². The minimum Gasteiger partial charge on any atom is -0.409 e.